The van der Waals surface area contributed by atoms with Crippen molar-refractivity contribution in [2.24, 2.45) is 5.73 Å². The highest BCUT2D eigenvalue weighted by Gasteiger charge is 2.09. The predicted octanol–water partition coefficient (Wildman–Crippen LogP) is 2.13. The minimum atomic E-state index is -0.313. The number of aromatic nitrogens is 2. The van der Waals surface area contributed by atoms with Crippen LogP contribution in [-0.2, 0) is 6.54 Å². The molecule has 0 aliphatic carbocycles. The number of halogens is 1. The van der Waals surface area contributed by atoms with Gasteiger partial charge in [0.2, 0.25) is 0 Å². The van der Waals surface area contributed by atoms with Crippen LogP contribution in [0.25, 0.3) is 0 Å². The van der Waals surface area contributed by atoms with E-state index in [1.807, 2.05) is 6.92 Å². The summed E-state index contributed by atoms with van der Waals surface area (Å²) in [6.45, 7) is 5.46. The SMILES string of the molecule is C=CC.N=C(N)c1cc(N)n(Cc2ccccc2F)n1. The summed E-state index contributed by atoms with van der Waals surface area (Å²) < 4.78 is 14.8. The van der Waals surface area contributed by atoms with Crippen molar-refractivity contribution in [3.63, 3.8) is 0 Å². The molecule has 2 aromatic rings. The number of nitrogens with two attached hydrogens (primary N) is 2. The third kappa shape index (κ3) is 3.94. The molecule has 0 amide bonds. The maximum absolute atomic E-state index is 13.4. The fraction of sp³-hybridized carbons (Fsp3) is 0.143. The van der Waals surface area contributed by atoms with Crippen LogP contribution in [0.15, 0.2) is 43.0 Å². The molecular formula is C14H18FN5. The van der Waals surface area contributed by atoms with Crippen LogP contribution in [0.3, 0.4) is 0 Å². The average molecular weight is 275 g/mol. The summed E-state index contributed by atoms with van der Waals surface area (Å²) in [5.74, 6) is -0.130. The normalized spacial score (nSPS) is 9.50. The quantitative estimate of drug-likeness (QED) is 0.455. The zero-order valence-electron chi connectivity index (χ0n) is 11.3. The molecule has 0 bridgehead atoms. The lowest BCUT2D eigenvalue weighted by molar-refractivity contribution is 0.587. The van der Waals surface area contributed by atoms with Gasteiger partial charge in [-0.2, -0.15) is 5.10 Å². The second kappa shape index (κ2) is 7.08. The second-order valence-corrected chi connectivity index (χ2v) is 4.03. The van der Waals surface area contributed by atoms with Crippen LogP contribution < -0.4 is 11.5 Å². The van der Waals surface area contributed by atoms with Crippen molar-refractivity contribution in [3.05, 3.63) is 60.1 Å². The number of hydrogen-bond acceptors (Lipinski definition) is 3. The molecule has 0 saturated heterocycles. The van der Waals surface area contributed by atoms with E-state index in [4.69, 9.17) is 16.9 Å². The van der Waals surface area contributed by atoms with Gasteiger partial charge in [-0.15, -0.1) is 6.58 Å². The van der Waals surface area contributed by atoms with Crippen molar-refractivity contribution >= 4 is 11.7 Å². The summed E-state index contributed by atoms with van der Waals surface area (Å²) in [6.07, 6.45) is 1.75. The van der Waals surface area contributed by atoms with Crippen molar-refractivity contribution in [2.75, 3.05) is 5.73 Å². The molecule has 1 heterocycles. The van der Waals surface area contributed by atoms with Gasteiger partial charge in [0.25, 0.3) is 0 Å². The topological polar surface area (TPSA) is 93.7 Å². The molecule has 0 radical (unpaired) electrons. The molecular weight excluding hydrogens is 257 g/mol. The first-order chi connectivity index (χ1) is 9.49. The molecule has 5 nitrogen and oxygen atoms in total. The van der Waals surface area contributed by atoms with Crippen LogP contribution in [0.2, 0.25) is 0 Å². The van der Waals surface area contributed by atoms with E-state index in [0.717, 1.165) is 0 Å². The second-order valence-electron chi connectivity index (χ2n) is 4.03. The number of hydrogen-bond donors (Lipinski definition) is 3. The first kappa shape index (κ1) is 15.4. The smallest absolute Gasteiger partial charge is 0.143 e. The van der Waals surface area contributed by atoms with E-state index in [1.54, 1.807) is 24.3 Å². The number of amidine groups is 1. The van der Waals surface area contributed by atoms with E-state index in [0.29, 0.717) is 17.1 Å². The Morgan fingerprint density at radius 3 is 2.60 bits per heavy atom. The number of rotatable bonds is 3. The van der Waals surface area contributed by atoms with Gasteiger partial charge in [0.05, 0.1) is 6.54 Å². The minimum Gasteiger partial charge on any atom is -0.384 e. The summed E-state index contributed by atoms with van der Waals surface area (Å²) in [6, 6.07) is 7.88. The molecule has 1 aromatic carbocycles. The summed E-state index contributed by atoms with van der Waals surface area (Å²) in [4.78, 5) is 0. The third-order valence-corrected chi connectivity index (χ3v) is 2.36. The highest BCUT2D eigenvalue weighted by atomic mass is 19.1. The molecule has 0 spiro atoms. The Kier molecular flexibility index (Phi) is 5.46. The minimum absolute atomic E-state index is 0.163. The van der Waals surface area contributed by atoms with Gasteiger partial charge < -0.3 is 11.5 Å². The lowest BCUT2D eigenvalue weighted by Crippen LogP contribution is -2.13. The Balaban J connectivity index is 0.000000612. The lowest BCUT2D eigenvalue weighted by Gasteiger charge is -2.04. The molecule has 0 aliphatic heterocycles. The Bertz CT molecular complexity index is 603. The number of nitrogen functional groups attached to an aromatic ring is 2. The van der Waals surface area contributed by atoms with Crippen molar-refractivity contribution in [1.29, 1.82) is 5.41 Å². The van der Waals surface area contributed by atoms with Crippen LogP contribution in [0, 0.1) is 11.2 Å². The van der Waals surface area contributed by atoms with Crippen molar-refractivity contribution < 1.29 is 4.39 Å². The summed E-state index contributed by atoms with van der Waals surface area (Å²) >= 11 is 0. The summed E-state index contributed by atoms with van der Waals surface area (Å²) in [5, 5.41) is 11.3. The van der Waals surface area contributed by atoms with Gasteiger partial charge in [0, 0.05) is 11.6 Å². The number of anilines is 1. The van der Waals surface area contributed by atoms with Gasteiger partial charge in [-0.3, -0.25) is 5.41 Å². The number of allylic oxidation sites excluding steroid dienone is 1. The van der Waals surface area contributed by atoms with Gasteiger partial charge in [-0.25, -0.2) is 9.07 Å². The molecule has 6 heteroatoms. The highest BCUT2D eigenvalue weighted by molar-refractivity contribution is 5.93. The summed E-state index contributed by atoms with van der Waals surface area (Å²) in [7, 11) is 0. The fourth-order valence-electron chi connectivity index (χ4n) is 1.48. The van der Waals surface area contributed by atoms with Crippen molar-refractivity contribution in [1.82, 2.24) is 9.78 Å². The monoisotopic (exact) mass is 275 g/mol. The number of nitrogens with one attached hydrogen (secondary N) is 1. The van der Waals surface area contributed by atoms with E-state index in [-0.39, 0.29) is 18.2 Å². The fourth-order valence-corrected chi connectivity index (χ4v) is 1.48. The molecule has 2 rings (SSSR count). The zero-order valence-corrected chi connectivity index (χ0v) is 11.3. The van der Waals surface area contributed by atoms with Crippen molar-refractivity contribution in [2.45, 2.75) is 13.5 Å². The molecule has 0 fully saturated rings. The van der Waals surface area contributed by atoms with Gasteiger partial charge in [0.15, 0.2) is 0 Å². The molecule has 5 N–H and O–H groups in total. The number of nitrogens with zero attached hydrogens (tertiary/aromatic N) is 2. The van der Waals surface area contributed by atoms with E-state index >= 15 is 0 Å². The van der Waals surface area contributed by atoms with E-state index in [1.165, 1.54) is 16.8 Å². The predicted molar refractivity (Wildman–Crippen MR) is 79.0 cm³/mol. The Morgan fingerprint density at radius 2 is 2.10 bits per heavy atom. The Hall–Kier alpha value is -2.63. The first-order valence-electron chi connectivity index (χ1n) is 5.97. The van der Waals surface area contributed by atoms with E-state index in [2.05, 4.69) is 11.7 Å². The van der Waals surface area contributed by atoms with Gasteiger partial charge in [0.1, 0.15) is 23.2 Å². The molecule has 0 saturated carbocycles. The molecule has 0 aliphatic rings. The Labute approximate surface area is 117 Å². The summed E-state index contributed by atoms with van der Waals surface area (Å²) in [5.41, 5.74) is 11.8. The molecule has 106 valence electrons. The lowest BCUT2D eigenvalue weighted by atomic mass is 10.2. The molecule has 20 heavy (non-hydrogen) atoms. The van der Waals surface area contributed by atoms with Crippen LogP contribution in [0.4, 0.5) is 10.2 Å². The highest BCUT2D eigenvalue weighted by Crippen LogP contribution is 2.12. The Morgan fingerprint density at radius 1 is 1.50 bits per heavy atom. The third-order valence-electron chi connectivity index (χ3n) is 2.36. The maximum Gasteiger partial charge on any atom is 0.143 e. The molecule has 0 atom stereocenters. The zero-order chi connectivity index (χ0) is 15.1. The largest absolute Gasteiger partial charge is 0.384 e. The van der Waals surface area contributed by atoms with Crippen LogP contribution in [-0.4, -0.2) is 15.6 Å². The van der Waals surface area contributed by atoms with Crippen LogP contribution in [0.5, 0.6) is 0 Å². The van der Waals surface area contributed by atoms with E-state index < -0.39 is 0 Å². The standard InChI is InChI=1S/C11H12FN5.C3H6/c12-8-4-2-1-3-7(8)6-17-10(13)5-9(16-17)11(14)15;1-3-2/h1-5H,6,13H2,(H3,14,15);3H,1H2,2H3. The van der Waals surface area contributed by atoms with E-state index in [9.17, 15) is 4.39 Å². The average Bonchev–Trinajstić information content (AvgIpc) is 2.75. The van der Waals surface area contributed by atoms with Crippen LogP contribution in [0.1, 0.15) is 18.2 Å². The van der Waals surface area contributed by atoms with Crippen LogP contribution >= 0.6 is 0 Å². The van der Waals surface area contributed by atoms with Gasteiger partial charge in [-0.05, 0) is 13.0 Å². The van der Waals surface area contributed by atoms with Crippen molar-refractivity contribution in [3.8, 4) is 0 Å². The molecule has 0 unspecified atom stereocenters. The molecule has 1 aromatic heterocycles. The van der Waals surface area contributed by atoms with Gasteiger partial charge in [-0.1, -0.05) is 24.3 Å². The maximum atomic E-state index is 13.4. The van der Waals surface area contributed by atoms with Gasteiger partial charge >= 0.3 is 0 Å². The first-order valence-corrected chi connectivity index (χ1v) is 5.97. The number of benzene rings is 1.